The molecule has 3 aliphatic heterocycles. The van der Waals surface area contributed by atoms with Crippen molar-refractivity contribution in [1.29, 1.82) is 0 Å². The number of halogens is 7. The Balaban J connectivity index is 1.31. The van der Waals surface area contributed by atoms with Gasteiger partial charge >= 0.3 is 24.2 Å². The van der Waals surface area contributed by atoms with Crippen LogP contribution in [0, 0.1) is 0 Å². The van der Waals surface area contributed by atoms with Gasteiger partial charge in [0.05, 0.1) is 24.9 Å². The number of quaternary nitrogens is 2. The summed E-state index contributed by atoms with van der Waals surface area (Å²) in [4.78, 5) is 40.3. The summed E-state index contributed by atoms with van der Waals surface area (Å²) in [7, 11) is 0. The second-order valence-corrected chi connectivity index (χ2v) is 11.8. The molecule has 3 aliphatic rings. The van der Waals surface area contributed by atoms with Gasteiger partial charge in [-0.3, -0.25) is 4.79 Å². The van der Waals surface area contributed by atoms with Gasteiger partial charge in [-0.1, -0.05) is 33.4 Å². The number of aromatic nitrogens is 1. The van der Waals surface area contributed by atoms with Gasteiger partial charge in [-0.15, -0.1) is 0 Å². The lowest BCUT2D eigenvalue weighted by atomic mass is 10.1. The first-order valence-corrected chi connectivity index (χ1v) is 14.5. The molecule has 0 saturated carbocycles. The molecule has 1 unspecified atom stereocenters. The normalized spacial score (nSPS) is 20.8. The van der Waals surface area contributed by atoms with E-state index in [2.05, 4.69) is 5.10 Å². The number of carbonyl (C=O) groups excluding carboxylic acids is 3. The van der Waals surface area contributed by atoms with Gasteiger partial charge in [-0.05, 0) is 35.9 Å². The number of amides is 3. The van der Waals surface area contributed by atoms with Gasteiger partial charge in [0.1, 0.15) is 12.2 Å². The maximum Gasteiger partial charge on any atom is 0.512 e. The van der Waals surface area contributed by atoms with Gasteiger partial charge in [0.2, 0.25) is 0 Å². The number of hydrogen-bond acceptors (Lipinski definition) is 4. The predicted molar refractivity (Wildman–Crippen MR) is 153 cm³/mol. The minimum Gasteiger partial charge on any atom is -0.341 e. The molecule has 0 spiro atoms. The monoisotopic (exact) mass is 653 g/mol. The molecule has 2 aromatic carbocycles. The van der Waals surface area contributed by atoms with Gasteiger partial charge in [0.15, 0.2) is 12.2 Å². The van der Waals surface area contributed by atoms with E-state index in [9.17, 15) is 40.7 Å². The highest BCUT2D eigenvalue weighted by atomic mass is 35.5. The zero-order chi connectivity index (χ0) is 32.4. The first-order chi connectivity index (χ1) is 21.1. The third-order valence-electron chi connectivity index (χ3n) is 8.74. The van der Waals surface area contributed by atoms with Crippen LogP contribution in [0.15, 0.2) is 59.8 Å². The first-order valence-electron chi connectivity index (χ1n) is 14.1. The van der Waals surface area contributed by atoms with Crippen molar-refractivity contribution in [3.8, 4) is 11.1 Å². The van der Waals surface area contributed by atoms with Gasteiger partial charge in [-0.2, -0.15) is 26.3 Å². The van der Waals surface area contributed by atoms with E-state index >= 15 is 0 Å². The molecule has 6 rings (SSSR count). The number of nitrogens with zero attached hydrogens (tertiary/aromatic N) is 5. The fourth-order valence-corrected chi connectivity index (χ4v) is 6.59. The molecule has 3 aromatic rings. The van der Waals surface area contributed by atoms with Crippen LogP contribution in [0.2, 0.25) is 5.02 Å². The second-order valence-electron chi connectivity index (χ2n) is 11.4. The average molecular weight is 654 g/mol. The van der Waals surface area contributed by atoms with E-state index in [0.29, 0.717) is 22.9 Å². The third kappa shape index (κ3) is 5.34. The maximum absolute atomic E-state index is 13.9. The summed E-state index contributed by atoms with van der Waals surface area (Å²) in [5.41, 5.74) is 2.31. The van der Waals surface area contributed by atoms with Crippen molar-refractivity contribution < 1.29 is 45.2 Å². The van der Waals surface area contributed by atoms with Crippen LogP contribution < -0.4 is 9.49 Å². The SMILES string of the molecule is O=C1c2cc(-c3ccc(Cl)cc3)cn2CCN1c1ccc2c(c1)C=N[N+]2(CC[N+]1(C(=O)C(F)(F)F)CCCC1)C(=O)C(F)(F)F. The number of likely N-dealkylation sites (tertiary alicyclic amines) is 1. The Kier molecular flexibility index (Phi) is 7.45. The molecular weight excluding hydrogens is 628 g/mol. The summed E-state index contributed by atoms with van der Waals surface area (Å²) in [5.74, 6) is -4.69. The topological polar surface area (TPSA) is 71.7 Å². The van der Waals surface area contributed by atoms with Crippen molar-refractivity contribution in [2.24, 2.45) is 5.10 Å². The number of rotatable bonds is 5. The first kappa shape index (κ1) is 31.0. The van der Waals surface area contributed by atoms with Gasteiger partial charge < -0.3 is 9.47 Å². The van der Waals surface area contributed by atoms with Gasteiger partial charge in [0.25, 0.3) is 5.91 Å². The number of fused-ring (bicyclic) bond motifs is 2. The summed E-state index contributed by atoms with van der Waals surface area (Å²) in [5, 5.41) is 4.49. The van der Waals surface area contributed by atoms with Crippen molar-refractivity contribution in [3.05, 3.63) is 71.0 Å². The number of hydrogen-bond donors (Lipinski definition) is 0. The fourth-order valence-electron chi connectivity index (χ4n) is 6.47. The number of anilines is 1. The van der Waals surface area contributed by atoms with Crippen LogP contribution in [0.5, 0.6) is 0 Å². The Bertz CT molecular complexity index is 1730. The predicted octanol–water partition coefficient (Wildman–Crippen LogP) is 5.91. The molecule has 1 fully saturated rings. The van der Waals surface area contributed by atoms with E-state index in [0.717, 1.165) is 17.3 Å². The number of benzene rings is 2. The number of carbonyl (C=O) groups is 3. The third-order valence-corrected chi connectivity index (χ3v) is 9.00. The lowest BCUT2D eigenvalue weighted by molar-refractivity contribution is -0.846. The van der Waals surface area contributed by atoms with Crippen molar-refractivity contribution in [2.45, 2.75) is 31.7 Å². The molecule has 0 bridgehead atoms. The largest absolute Gasteiger partial charge is 0.512 e. The van der Waals surface area contributed by atoms with Crippen molar-refractivity contribution in [2.75, 3.05) is 37.6 Å². The molecule has 0 N–H and O–H groups in total. The zero-order valence-corrected chi connectivity index (χ0v) is 24.3. The summed E-state index contributed by atoms with van der Waals surface area (Å²) in [6.45, 7) is -1.21. The van der Waals surface area contributed by atoms with E-state index in [1.54, 1.807) is 22.8 Å². The summed E-state index contributed by atoms with van der Waals surface area (Å²) in [6.07, 6.45) is -7.10. The summed E-state index contributed by atoms with van der Waals surface area (Å²) in [6, 6.07) is 12.9. The van der Waals surface area contributed by atoms with Crippen LogP contribution in [0.4, 0.5) is 37.7 Å². The molecule has 4 heterocycles. The zero-order valence-electron chi connectivity index (χ0n) is 23.5. The minimum atomic E-state index is -5.38. The van der Waals surface area contributed by atoms with Crippen molar-refractivity contribution >= 4 is 46.9 Å². The van der Waals surface area contributed by atoms with Crippen LogP contribution in [0.3, 0.4) is 0 Å². The number of alkyl halides is 6. The molecule has 0 radical (unpaired) electrons. The molecule has 3 amide bonds. The Morgan fingerprint density at radius 3 is 2.16 bits per heavy atom. The van der Waals surface area contributed by atoms with Crippen LogP contribution in [-0.2, 0) is 16.1 Å². The fraction of sp³-hybridized carbons (Fsp3) is 0.333. The minimum absolute atomic E-state index is 0.107. The second kappa shape index (κ2) is 10.8. The van der Waals surface area contributed by atoms with E-state index < -0.39 is 46.3 Å². The summed E-state index contributed by atoms with van der Waals surface area (Å²) >= 11 is 5.98. The molecule has 8 nitrogen and oxygen atoms in total. The lowest BCUT2D eigenvalue weighted by Gasteiger charge is -2.35. The average Bonchev–Trinajstić information content (AvgIpc) is 3.73. The van der Waals surface area contributed by atoms with Crippen LogP contribution in [0.25, 0.3) is 11.1 Å². The summed E-state index contributed by atoms with van der Waals surface area (Å²) < 4.78 is 81.3. The standard InChI is InChI=1S/C30H26ClF6N5O3/c31-22-5-3-19(4-6-22)21-16-24-26(43)40(10-9-39(24)18-21)23-7-8-25-20(15-23)17-38-42(25,28(45)30(35,36)37)14-13-41(11-1-2-12-41)27(44)29(32,33)34/h3-8,15-18H,1-2,9-14H2/q+2. The molecule has 1 atom stereocenters. The molecule has 15 heteroatoms. The van der Waals surface area contributed by atoms with Crippen LogP contribution in [0.1, 0.15) is 28.9 Å². The van der Waals surface area contributed by atoms with Crippen LogP contribution in [-0.4, -0.2) is 78.1 Å². The lowest BCUT2D eigenvalue weighted by Crippen LogP contribution is -2.63. The molecular formula is C30H26ClF6N5O3+2. The van der Waals surface area contributed by atoms with Crippen LogP contribution >= 0.6 is 11.6 Å². The smallest absolute Gasteiger partial charge is 0.341 e. The molecule has 45 heavy (non-hydrogen) atoms. The quantitative estimate of drug-likeness (QED) is 0.254. The van der Waals surface area contributed by atoms with Crippen molar-refractivity contribution in [1.82, 2.24) is 9.16 Å². The van der Waals surface area contributed by atoms with Gasteiger partial charge in [0, 0.05) is 54.5 Å². The van der Waals surface area contributed by atoms with E-state index in [4.69, 9.17) is 11.6 Å². The van der Waals surface area contributed by atoms with E-state index in [1.807, 2.05) is 18.3 Å². The Hall–Kier alpha value is -4.01. The highest BCUT2D eigenvalue weighted by Crippen LogP contribution is 2.40. The molecule has 1 saturated heterocycles. The van der Waals surface area contributed by atoms with Crippen molar-refractivity contribution in [3.63, 3.8) is 0 Å². The van der Waals surface area contributed by atoms with Gasteiger partial charge in [-0.25, -0.2) is 14.1 Å². The maximum atomic E-state index is 13.9. The highest BCUT2D eigenvalue weighted by molar-refractivity contribution is 6.30. The molecule has 236 valence electrons. The molecule has 1 aromatic heterocycles. The Labute approximate surface area is 257 Å². The van der Waals surface area contributed by atoms with E-state index in [1.165, 1.54) is 23.1 Å². The molecule has 0 aliphatic carbocycles. The Morgan fingerprint density at radius 2 is 1.51 bits per heavy atom. The highest BCUT2D eigenvalue weighted by Gasteiger charge is 2.62. The Morgan fingerprint density at radius 1 is 0.844 bits per heavy atom. The van der Waals surface area contributed by atoms with E-state index in [-0.39, 0.29) is 49.6 Å².